The Balaban J connectivity index is 1.56. The molecule has 0 aliphatic rings. The van der Waals surface area contributed by atoms with Crippen molar-refractivity contribution >= 4 is 5.97 Å². The molecular weight excluding hydrogens is 430 g/mol. The van der Waals surface area contributed by atoms with Crippen molar-refractivity contribution in [3.8, 4) is 22.3 Å². The van der Waals surface area contributed by atoms with Gasteiger partial charge < -0.3 is 4.74 Å². The summed E-state index contributed by atoms with van der Waals surface area (Å²) in [6, 6.07) is 38.7. The van der Waals surface area contributed by atoms with E-state index in [1.165, 1.54) is 33.4 Å². The SMILES string of the molecule is CCOC(=O)CN(C)CCC(c1ccc(-c2ccccc2)cc1)c1ccc(-c2ccccc2)cc1. The van der Waals surface area contributed by atoms with Crippen molar-refractivity contribution in [1.82, 2.24) is 4.90 Å². The van der Waals surface area contributed by atoms with Gasteiger partial charge in [0.1, 0.15) is 0 Å². The number of esters is 1. The lowest BCUT2D eigenvalue weighted by molar-refractivity contribution is -0.144. The van der Waals surface area contributed by atoms with E-state index in [-0.39, 0.29) is 11.9 Å². The van der Waals surface area contributed by atoms with Crippen molar-refractivity contribution in [2.75, 3.05) is 26.7 Å². The van der Waals surface area contributed by atoms with Crippen LogP contribution in [0.5, 0.6) is 0 Å². The molecule has 0 aliphatic carbocycles. The Kier molecular flexibility index (Phi) is 8.48. The normalized spacial score (nSPS) is 11.1. The van der Waals surface area contributed by atoms with Gasteiger partial charge in [-0.3, -0.25) is 9.69 Å². The lowest BCUT2D eigenvalue weighted by atomic mass is 9.86. The van der Waals surface area contributed by atoms with Crippen LogP contribution in [0.25, 0.3) is 22.3 Å². The highest BCUT2D eigenvalue weighted by Gasteiger charge is 2.17. The van der Waals surface area contributed by atoms with E-state index in [2.05, 4.69) is 97.1 Å². The summed E-state index contributed by atoms with van der Waals surface area (Å²) < 4.78 is 5.12. The summed E-state index contributed by atoms with van der Waals surface area (Å²) in [6.45, 7) is 3.35. The number of hydrogen-bond donors (Lipinski definition) is 0. The Hall–Kier alpha value is -3.69. The Morgan fingerprint density at radius 1 is 0.686 bits per heavy atom. The van der Waals surface area contributed by atoms with Crippen LogP contribution in [-0.2, 0) is 9.53 Å². The van der Waals surface area contributed by atoms with Gasteiger partial charge in [-0.2, -0.15) is 0 Å². The van der Waals surface area contributed by atoms with Crippen LogP contribution >= 0.6 is 0 Å². The highest BCUT2D eigenvalue weighted by atomic mass is 16.5. The molecule has 4 aromatic rings. The van der Waals surface area contributed by atoms with Crippen molar-refractivity contribution in [3.63, 3.8) is 0 Å². The molecule has 0 amide bonds. The topological polar surface area (TPSA) is 29.5 Å². The lowest BCUT2D eigenvalue weighted by Gasteiger charge is -2.23. The van der Waals surface area contributed by atoms with Crippen LogP contribution in [0.15, 0.2) is 109 Å². The molecule has 0 heterocycles. The average Bonchev–Trinajstić information content (AvgIpc) is 2.91. The first-order valence-corrected chi connectivity index (χ1v) is 12.3. The highest BCUT2D eigenvalue weighted by molar-refractivity contribution is 5.71. The molecule has 0 aromatic heterocycles. The number of nitrogens with zero attached hydrogens (tertiary/aromatic N) is 1. The third-order valence-electron chi connectivity index (χ3n) is 6.34. The lowest BCUT2D eigenvalue weighted by Crippen LogP contribution is -2.29. The first-order valence-electron chi connectivity index (χ1n) is 12.3. The molecule has 0 N–H and O–H groups in total. The molecule has 178 valence electrons. The molecule has 3 nitrogen and oxygen atoms in total. The van der Waals surface area contributed by atoms with Gasteiger partial charge in [-0.15, -0.1) is 0 Å². The molecule has 0 saturated carbocycles. The van der Waals surface area contributed by atoms with Crippen LogP contribution < -0.4 is 0 Å². The number of carbonyl (C=O) groups excluding carboxylic acids is 1. The second kappa shape index (κ2) is 12.1. The molecule has 3 heteroatoms. The fourth-order valence-electron chi connectivity index (χ4n) is 4.46. The molecule has 0 bridgehead atoms. The van der Waals surface area contributed by atoms with E-state index < -0.39 is 0 Å². The maximum absolute atomic E-state index is 11.9. The first kappa shape index (κ1) is 24.4. The number of benzene rings is 4. The summed E-state index contributed by atoms with van der Waals surface area (Å²) >= 11 is 0. The zero-order chi connectivity index (χ0) is 24.5. The minimum Gasteiger partial charge on any atom is -0.465 e. The summed E-state index contributed by atoms with van der Waals surface area (Å²) in [7, 11) is 1.98. The Labute approximate surface area is 209 Å². The van der Waals surface area contributed by atoms with Crippen molar-refractivity contribution in [1.29, 1.82) is 0 Å². The van der Waals surface area contributed by atoms with Crippen LogP contribution in [0.4, 0.5) is 0 Å². The molecule has 4 rings (SSSR count). The second-order valence-electron chi connectivity index (χ2n) is 8.86. The van der Waals surface area contributed by atoms with Gasteiger partial charge in [-0.05, 0) is 60.3 Å². The van der Waals surface area contributed by atoms with E-state index in [9.17, 15) is 4.79 Å². The fourth-order valence-corrected chi connectivity index (χ4v) is 4.46. The van der Waals surface area contributed by atoms with Crippen LogP contribution in [0.2, 0.25) is 0 Å². The molecule has 4 aromatic carbocycles. The van der Waals surface area contributed by atoms with Gasteiger partial charge in [-0.1, -0.05) is 109 Å². The number of carbonyl (C=O) groups is 1. The molecule has 0 atom stereocenters. The standard InChI is InChI=1S/C32H33NO2/c1-3-35-32(34)24-33(2)23-22-31(29-18-14-27(15-19-29)25-10-6-4-7-11-25)30-20-16-28(17-21-30)26-12-8-5-9-13-26/h4-21,31H,3,22-24H2,1-2H3. The fraction of sp³-hybridized carbons (Fsp3) is 0.219. The van der Waals surface area contributed by atoms with Gasteiger partial charge in [0, 0.05) is 5.92 Å². The van der Waals surface area contributed by atoms with Crippen molar-refractivity contribution in [3.05, 3.63) is 120 Å². The number of likely N-dealkylation sites (N-methyl/N-ethyl adjacent to an activating group) is 1. The highest BCUT2D eigenvalue weighted by Crippen LogP contribution is 2.32. The van der Waals surface area contributed by atoms with E-state index in [0.29, 0.717) is 13.2 Å². The van der Waals surface area contributed by atoms with E-state index >= 15 is 0 Å². The summed E-state index contributed by atoms with van der Waals surface area (Å²) in [5, 5.41) is 0. The molecule has 0 aliphatic heterocycles. The average molecular weight is 464 g/mol. The molecule has 0 radical (unpaired) electrons. The van der Waals surface area contributed by atoms with E-state index in [0.717, 1.165) is 13.0 Å². The predicted molar refractivity (Wildman–Crippen MR) is 144 cm³/mol. The van der Waals surface area contributed by atoms with Crippen LogP contribution in [-0.4, -0.2) is 37.6 Å². The zero-order valence-electron chi connectivity index (χ0n) is 20.6. The second-order valence-corrected chi connectivity index (χ2v) is 8.86. The van der Waals surface area contributed by atoms with Gasteiger partial charge in [0.05, 0.1) is 13.2 Å². The van der Waals surface area contributed by atoms with Gasteiger partial charge in [0.15, 0.2) is 0 Å². The predicted octanol–water partition coefficient (Wildman–Crippen LogP) is 7.04. The Morgan fingerprint density at radius 3 is 1.54 bits per heavy atom. The Bertz CT molecular complexity index is 1100. The molecule has 0 spiro atoms. The molecular formula is C32H33NO2. The summed E-state index contributed by atoms with van der Waals surface area (Å²) in [5.41, 5.74) is 7.43. The summed E-state index contributed by atoms with van der Waals surface area (Å²) in [5.74, 6) is 0.0558. The van der Waals surface area contributed by atoms with Crippen LogP contribution in [0.3, 0.4) is 0 Å². The van der Waals surface area contributed by atoms with Crippen molar-refractivity contribution in [2.45, 2.75) is 19.3 Å². The third-order valence-corrected chi connectivity index (χ3v) is 6.34. The smallest absolute Gasteiger partial charge is 0.320 e. The van der Waals surface area contributed by atoms with Crippen molar-refractivity contribution < 1.29 is 9.53 Å². The third kappa shape index (κ3) is 6.68. The molecule has 0 fully saturated rings. The van der Waals surface area contributed by atoms with E-state index in [1.54, 1.807) is 0 Å². The zero-order valence-corrected chi connectivity index (χ0v) is 20.6. The van der Waals surface area contributed by atoms with E-state index in [1.807, 2.05) is 31.0 Å². The minimum atomic E-state index is -0.175. The number of hydrogen-bond acceptors (Lipinski definition) is 3. The van der Waals surface area contributed by atoms with Crippen LogP contribution in [0.1, 0.15) is 30.4 Å². The van der Waals surface area contributed by atoms with Gasteiger partial charge in [-0.25, -0.2) is 0 Å². The maximum atomic E-state index is 11.9. The first-order chi connectivity index (χ1) is 17.1. The van der Waals surface area contributed by atoms with Gasteiger partial charge in [0.25, 0.3) is 0 Å². The Morgan fingerprint density at radius 2 is 1.11 bits per heavy atom. The monoisotopic (exact) mass is 463 g/mol. The largest absolute Gasteiger partial charge is 0.465 e. The number of ether oxygens (including phenoxy) is 1. The van der Waals surface area contributed by atoms with Gasteiger partial charge >= 0.3 is 5.97 Å². The number of rotatable bonds is 10. The minimum absolute atomic E-state index is 0.175. The maximum Gasteiger partial charge on any atom is 0.320 e. The summed E-state index contributed by atoms with van der Waals surface area (Å²) in [4.78, 5) is 14.0. The molecule has 0 saturated heterocycles. The molecule has 0 unspecified atom stereocenters. The van der Waals surface area contributed by atoms with E-state index in [4.69, 9.17) is 4.74 Å². The van der Waals surface area contributed by atoms with Crippen molar-refractivity contribution in [2.24, 2.45) is 0 Å². The van der Waals surface area contributed by atoms with Crippen LogP contribution in [0, 0.1) is 0 Å². The molecule has 35 heavy (non-hydrogen) atoms. The quantitative estimate of drug-likeness (QED) is 0.236. The summed E-state index contributed by atoms with van der Waals surface area (Å²) in [6.07, 6.45) is 0.908. The van der Waals surface area contributed by atoms with Gasteiger partial charge in [0.2, 0.25) is 0 Å².